The van der Waals surface area contributed by atoms with Gasteiger partial charge in [-0.1, -0.05) is 11.6 Å². The van der Waals surface area contributed by atoms with Gasteiger partial charge in [-0.3, -0.25) is 0 Å². The highest BCUT2D eigenvalue weighted by Gasteiger charge is 2.05. The summed E-state index contributed by atoms with van der Waals surface area (Å²) in [5, 5.41) is 0.0704. The van der Waals surface area contributed by atoms with E-state index in [1.54, 1.807) is 0 Å². The minimum Gasteiger partial charge on any atom is -0.398 e. The molecule has 0 spiro atoms. The number of anilines is 1. The molecule has 1 rings (SSSR count). The van der Waals surface area contributed by atoms with Gasteiger partial charge in [-0.15, -0.1) is 0 Å². The van der Waals surface area contributed by atoms with E-state index in [2.05, 4.69) is 15.9 Å². The van der Waals surface area contributed by atoms with E-state index >= 15 is 0 Å². The highest BCUT2D eigenvalue weighted by molar-refractivity contribution is 9.10. The van der Waals surface area contributed by atoms with Crippen molar-refractivity contribution in [2.24, 2.45) is 0 Å². The molecule has 4 heteroatoms. The van der Waals surface area contributed by atoms with E-state index < -0.39 is 5.82 Å². The lowest BCUT2D eigenvalue weighted by molar-refractivity contribution is 0.622. The van der Waals surface area contributed by atoms with Gasteiger partial charge in [0.05, 0.1) is 9.50 Å². The van der Waals surface area contributed by atoms with Gasteiger partial charge in [0.2, 0.25) is 0 Å². The maximum Gasteiger partial charge on any atom is 0.158 e. The summed E-state index contributed by atoms with van der Waals surface area (Å²) in [6, 6.07) is 2.95. The van der Waals surface area contributed by atoms with Crippen LogP contribution in [0.15, 0.2) is 16.6 Å². The topological polar surface area (TPSA) is 26.0 Å². The molecule has 0 saturated heterocycles. The number of halogens is 3. The third-order valence-electron chi connectivity index (χ3n) is 1.07. The summed E-state index contributed by atoms with van der Waals surface area (Å²) in [5.74, 6) is -0.512. The van der Waals surface area contributed by atoms with Crippen LogP contribution >= 0.6 is 27.5 Å². The smallest absolute Gasteiger partial charge is 0.158 e. The molecule has 2 N–H and O–H groups in total. The zero-order valence-electron chi connectivity index (χ0n) is 4.87. The van der Waals surface area contributed by atoms with Crippen LogP contribution in [0.3, 0.4) is 0 Å². The second-order valence-electron chi connectivity index (χ2n) is 1.76. The molecule has 0 amide bonds. The quantitative estimate of drug-likeness (QED) is 0.532. The van der Waals surface area contributed by atoms with Crippen molar-refractivity contribution in [3.63, 3.8) is 0 Å². The van der Waals surface area contributed by atoms with Gasteiger partial charge in [0.1, 0.15) is 0 Å². The van der Waals surface area contributed by atoms with Crippen LogP contribution in [0.5, 0.6) is 0 Å². The summed E-state index contributed by atoms with van der Waals surface area (Å²) >= 11 is 8.37. The first-order valence-electron chi connectivity index (χ1n) is 2.52. The summed E-state index contributed by atoms with van der Waals surface area (Å²) in [4.78, 5) is 0. The maximum absolute atomic E-state index is 12.7. The van der Waals surface area contributed by atoms with E-state index in [-0.39, 0.29) is 9.50 Å². The normalized spacial score (nSPS) is 9.90. The summed E-state index contributed by atoms with van der Waals surface area (Å²) in [5.41, 5.74) is 5.69. The van der Waals surface area contributed by atoms with Crippen LogP contribution in [0.25, 0.3) is 0 Å². The monoisotopic (exact) mass is 223 g/mol. The molecule has 0 aliphatic heterocycles. The largest absolute Gasteiger partial charge is 0.398 e. The van der Waals surface area contributed by atoms with E-state index in [1.165, 1.54) is 12.1 Å². The zero-order chi connectivity index (χ0) is 7.72. The van der Waals surface area contributed by atoms with Crippen molar-refractivity contribution in [1.82, 2.24) is 0 Å². The van der Waals surface area contributed by atoms with Gasteiger partial charge in [0.25, 0.3) is 0 Å². The van der Waals surface area contributed by atoms with Gasteiger partial charge in [-0.05, 0) is 28.1 Å². The molecule has 0 aliphatic rings. The average Bonchev–Trinajstić information content (AvgIpc) is 1.93. The van der Waals surface area contributed by atoms with Crippen LogP contribution in [-0.4, -0.2) is 0 Å². The number of nitrogen functional groups attached to an aromatic ring is 1. The van der Waals surface area contributed by atoms with Crippen molar-refractivity contribution in [2.75, 3.05) is 5.73 Å². The van der Waals surface area contributed by atoms with E-state index in [1.807, 2.05) is 0 Å². The summed E-state index contributed by atoms with van der Waals surface area (Å²) in [6.45, 7) is 0. The van der Waals surface area contributed by atoms with Gasteiger partial charge in [0.15, 0.2) is 5.82 Å². The van der Waals surface area contributed by atoms with Crippen molar-refractivity contribution in [3.05, 3.63) is 27.4 Å². The van der Waals surface area contributed by atoms with E-state index in [0.717, 1.165) is 0 Å². The molecule has 0 saturated carbocycles. The first kappa shape index (κ1) is 7.82. The second kappa shape index (κ2) is 2.76. The number of rotatable bonds is 0. The van der Waals surface area contributed by atoms with Crippen molar-refractivity contribution in [3.8, 4) is 0 Å². The highest BCUT2D eigenvalue weighted by Crippen LogP contribution is 2.27. The number of hydrogen-bond donors (Lipinski definition) is 1. The Labute approximate surface area is 71.1 Å². The molecule has 0 bridgehead atoms. The van der Waals surface area contributed by atoms with E-state index in [4.69, 9.17) is 17.3 Å². The molecule has 0 aromatic heterocycles. The van der Waals surface area contributed by atoms with Crippen molar-refractivity contribution in [1.29, 1.82) is 0 Å². The maximum atomic E-state index is 12.7. The molecule has 0 heterocycles. The third kappa shape index (κ3) is 1.25. The SMILES string of the molecule is Nc1ccc(Cl)c(F)c1Br. The van der Waals surface area contributed by atoms with Crippen LogP contribution in [0.4, 0.5) is 10.1 Å². The summed E-state index contributed by atoms with van der Waals surface area (Å²) in [6.07, 6.45) is 0. The molecule has 0 radical (unpaired) electrons. The van der Waals surface area contributed by atoms with Crippen molar-refractivity contribution in [2.45, 2.75) is 0 Å². The molecule has 0 fully saturated rings. The predicted octanol–water partition coefficient (Wildman–Crippen LogP) is 2.82. The Morgan fingerprint density at radius 3 is 2.60 bits per heavy atom. The Morgan fingerprint density at radius 2 is 2.10 bits per heavy atom. The lowest BCUT2D eigenvalue weighted by atomic mass is 10.3. The van der Waals surface area contributed by atoms with Crippen LogP contribution in [0.1, 0.15) is 0 Å². The standard InChI is InChI=1S/C6H4BrClFN/c7-5-4(10)2-1-3(8)6(5)9/h1-2H,10H2. The fourth-order valence-corrected chi connectivity index (χ4v) is 1.16. The molecule has 0 aliphatic carbocycles. The second-order valence-corrected chi connectivity index (χ2v) is 2.96. The molecule has 1 nitrogen and oxygen atoms in total. The fourth-order valence-electron chi connectivity index (χ4n) is 0.541. The van der Waals surface area contributed by atoms with Gasteiger partial charge >= 0.3 is 0 Å². The lowest BCUT2D eigenvalue weighted by Crippen LogP contribution is -1.89. The number of nitrogens with two attached hydrogens (primary N) is 1. The van der Waals surface area contributed by atoms with Crippen LogP contribution in [0.2, 0.25) is 5.02 Å². The average molecular weight is 224 g/mol. The third-order valence-corrected chi connectivity index (χ3v) is 2.16. The Hall–Kier alpha value is -0.280. The predicted molar refractivity (Wildman–Crippen MR) is 43.5 cm³/mol. The lowest BCUT2D eigenvalue weighted by Gasteiger charge is -1.99. The summed E-state index contributed by atoms with van der Waals surface area (Å²) in [7, 11) is 0. The fraction of sp³-hybridized carbons (Fsp3) is 0. The zero-order valence-corrected chi connectivity index (χ0v) is 7.21. The molecular formula is C6H4BrClFN. The minimum atomic E-state index is -0.512. The first-order valence-corrected chi connectivity index (χ1v) is 3.69. The van der Waals surface area contributed by atoms with Crippen LogP contribution in [0, 0.1) is 5.82 Å². The summed E-state index contributed by atoms with van der Waals surface area (Å²) < 4.78 is 13.0. The van der Waals surface area contributed by atoms with Crippen LogP contribution in [-0.2, 0) is 0 Å². The highest BCUT2D eigenvalue weighted by atomic mass is 79.9. The van der Waals surface area contributed by atoms with E-state index in [0.29, 0.717) is 5.69 Å². The molecule has 1 aromatic carbocycles. The first-order chi connectivity index (χ1) is 4.63. The van der Waals surface area contributed by atoms with Crippen LogP contribution < -0.4 is 5.73 Å². The van der Waals surface area contributed by atoms with Crippen molar-refractivity contribution >= 4 is 33.2 Å². The molecular weight excluding hydrogens is 220 g/mol. The Morgan fingerprint density at radius 1 is 1.50 bits per heavy atom. The van der Waals surface area contributed by atoms with Gasteiger partial charge < -0.3 is 5.73 Å². The minimum absolute atomic E-state index is 0.0704. The molecule has 0 atom stereocenters. The molecule has 0 unspecified atom stereocenters. The molecule has 54 valence electrons. The van der Waals surface area contributed by atoms with Crippen molar-refractivity contribution < 1.29 is 4.39 Å². The number of hydrogen-bond acceptors (Lipinski definition) is 1. The number of benzene rings is 1. The van der Waals surface area contributed by atoms with E-state index in [9.17, 15) is 4.39 Å². The Balaban J connectivity index is 3.34. The Kier molecular flexibility index (Phi) is 2.16. The van der Waals surface area contributed by atoms with Gasteiger partial charge in [-0.25, -0.2) is 4.39 Å². The molecule has 1 aromatic rings. The van der Waals surface area contributed by atoms with Gasteiger partial charge in [0, 0.05) is 5.69 Å². The van der Waals surface area contributed by atoms with Gasteiger partial charge in [-0.2, -0.15) is 0 Å². The molecule has 10 heavy (non-hydrogen) atoms. The Bertz CT molecular complexity index is 237.